The minimum Gasteiger partial charge on any atom is -0.469 e. The molecule has 8 heteroatoms. The number of anilines is 1. The molecule has 1 aromatic carbocycles. The smallest absolute Gasteiger partial charge is 0.308 e. The Bertz CT molecular complexity index is 838. The fourth-order valence-corrected chi connectivity index (χ4v) is 3.32. The maximum absolute atomic E-state index is 11.7. The minimum absolute atomic E-state index is 0.0311. The lowest BCUT2D eigenvalue weighted by atomic mass is 10.1. The van der Waals surface area contributed by atoms with Crippen molar-refractivity contribution >= 4 is 17.5 Å². The lowest BCUT2D eigenvalue weighted by Gasteiger charge is -2.15. The van der Waals surface area contributed by atoms with Gasteiger partial charge in [0.2, 0.25) is 0 Å². The van der Waals surface area contributed by atoms with E-state index in [1.165, 1.54) is 19.2 Å². The molecule has 1 fully saturated rings. The summed E-state index contributed by atoms with van der Waals surface area (Å²) in [4.78, 5) is 31.2. The van der Waals surface area contributed by atoms with Crippen LogP contribution in [0.1, 0.15) is 31.9 Å². The number of esters is 1. The first-order chi connectivity index (χ1) is 13.0. The second-order valence-electron chi connectivity index (χ2n) is 6.60. The fourth-order valence-electron chi connectivity index (χ4n) is 3.32. The van der Waals surface area contributed by atoms with Gasteiger partial charge >= 0.3 is 5.97 Å². The number of nitrogens with one attached hydrogen (secondary N) is 1. The van der Waals surface area contributed by atoms with Gasteiger partial charge in [-0.15, -0.1) is 0 Å². The molecule has 0 saturated heterocycles. The first-order valence-corrected chi connectivity index (χ1v) is 8.97. The van der Waals surface area contributed by atoms with Gasteiger partial charge in [-0.2, -0.15) is 0 Å². The number of hydrogen-bond donors (Lipinski definition) is 1. The molecule has 1 saturated carbocycles. The maximum atomic E-state index is 11.7. The summed E-state index contributed by atoms with van der Waals surface area (Å²) in [6.07, 6.45) is 3.13. The van der Waals surface area contributed by atoms with Crippen LogP contribution in [0.25, 0.3) is 11.4 Å². The van der Waals surface area contributed by atoms with Crippen molar-refractivity contribution in [3.8, 4) is 11.4 Å². The molecule has 1 N–H and O–H groups in total. The number of nitro benzene ring substituents is 1. The van der Waals surface area contributed by atoms with Gasteiger partial charge in [0.1, 0.15) is 5.82 Å². The van der Waals surface area contributed by atoms with E-state index in [2.05, 4.69) is 15.3 Å². The van der Waals surface area contributed by atoms with Crippen LogP contribution < -0.4 is 5.32 Å². The highest BCUT2D eigenvalue weighted by molar-refractivity contribution is 5.72. The number of aryl methyl sites for hydroxylation is 1. The van der Waals surface area contributed by atoms with Crippen molar-refractivity contribution in [2.45, 2.75) is 38.6 Å². The Morgan fingerprint density at radius 1 is 1.30 bits per heavy atom. The summed E-state index contributed by atoms with van der Waals surface area (Å²) in [6.45, 7) is 2.01. The molecule has 1 heterocycles. The maximum Gasteiger partial charge on any atom is 0.308 e. The highest BCUT2D eigenvalue weighted by Gasteiger charge is 2.30. The van der Waals surface area contributed by atoms with E-state index >= 15 is 0 Å². The molecular weight excluding hydrogens is 348 g/mol. The van der Waals surface area contributed by atoms with Gasteiger partial charge in [0.15, 0.2) is 5.82 Å². The van der Waals surface area contributed by atoms with Crippen LogP contribution in [0.2, 0.25) is 0 Å². The topological polar surface area (TPSA) is 107 Å². The number of aromatic nitrogens is 2. The number of rotatable bonds is 6. The van der Waals surface area contributed by atoms with Crippen LogP contribution >= 0.6 is 0 Å². The largest absolute Gasteiger partial charge is 0.469 e. The molecule has 0 bridgehead atoms. The van der Waals surface area contributed by atoms with Crippen LogP contribution in [0.15, 0.2) is 30.3 Å². The van der Waals surface area contributed by atoms with Crippen molar-refractivity contribution in [2.24, 2.45) is 5.92 Å². The average Bonchev–Trinajstić information content (AvgIpc) is 3.15. The van der Waals surface area contributed by atoms with Gasteiger partial charge in [-0.3, -0.25) is 14.9 Å². The molecule has 27 heavy (non-hydrogen) atoms. The fraction of sp³-hybridized carbons (Fsp3) is 0.421. The molecule has 0 aliphatic heterocycles. The first-order valence-electron chi connectivity index (χ1n) is 8.97. The SMILES string of the molecule is CCc1cc(N[C@@H]2CC[C@H](C(=O)OC)C2)nc(-c2ccc([N+](=O)[O-])cc2)n1. The minimum atomic E-state index is -0.433. The van der Waals surface area contributed by atoms with Crippen LogP contribution in [-0.2, 0) is 16.0 Å². The molecule has 0 spiro atoms. The molecule has 142 valence electrons. The predicted molar refractivity (Wildman–Crippen MR) is 100 cm³/mol. The molecule has 0 radical (unpaired) electrons. The van der Waals surface area contributed by atoms with Gasteiger partial charge in [-0.1, -0.05) is 6.92 Å². The van der Waals surface area contributed by atoms with E-state index in [0.717, 1.165) is 30.5 Å². The summed E-state index contributed by atoms with van der Waals surface area (Å²) in [5, 5.41) is 14.2. The van der Waals surface area contributed by atoms with Crippen molar-refractivity contribution < 1.29 is 14.5 Å². The van der Waals surface area contributed by atoms with Crippen LogP contribution in [-0.4, -0.2) is 34.0 Å². The Kier molecular flexibility index (Phi) is 5.63. The Morgan fingerprint density at radius 3 is 2.67 bits per heavy atom. The van der Waals surface area contributed by atoms with E-state index in [-0.39, 0.29) is 23.6 Å². The van der Waals surface area contributed by atoms with Crippen molar-refractivity contribution in [2.75, 3.05) is 12.4 Å². The second-order valence-corrected chi connectivity index (χ2v) is 6.60. The number of carbonyl (C=O) groups excluding carboxylic acids is 1. The molecule has 0 amide bonds. The molecule has 8 nitrogen and oxygen atoms in total. The molecule has 2 aromatic rings. The first kappa shape index (κ1) is 18.8. The molecular formula is C19H22N4O4. The Morgan fingerprint density at radius 2 is 2.04 bits per heavy atom. The van der Waals surface area contributed by atoms with Crippen molar-refractivity contribution in [1.29, 1.82) is 0 Å². The van der Waals surface area contributed by atoms with Gasteiger partial charge in [-0.25, -0.2) is 9.97 Å². The Labute approximate surface area is 157 Å². The summed E-state index contributed by atoms with van der Waals surface area (Å²) in [5.41, 5.74) is 1.63. The molecule has 1 aliphatic rings. The normalized spacial score (nSPS) is 18.9. The summed E-state index contributed by atoms with van der Waals surface area (Å²) >= 11 is 0. The zero-order valence-electron chi connectivity index (χ0n) is 15.3. The Balaban J connectivity index is 1.80. The van der Waals surface area contributed by atoms with Gasteiger partial charge in [0.05, 0.1) is 18.0 Å². The highest BCUT2D eigenvalue weighted by Crippen LogP contribution is 2.29. The second kappa shape index (κ2) is 8.11. The third kappa shape index (κ3) is 4.39. The lowest BCUT2D eigenvalue weighted by Crippen LogP contribution is -2.19. The monoisotopic (exact) mass is 370 g/mol. The van der Waals surface area contributed by atoms with E-state index in [0.29, 0.717) is 18.1 Å². The number of carbonyl (C=O) groups is 1. The average molecular weight is 370 g/mol. The van der Waals surface area contributed by atoms with Crippen LogP contribution in [0.5, 0.6) is 0 Å². The van der Waals surface area contributed by atoms with Gasteiger partial charge in [0, 0.05) is 35.5 Å². The van der Waals surface area contributed by atoms with Crippen molar-refractivity contribution in [3.63, 3.8) is 0 Å². The summed E-state index contributed by atoms with van der Waals surface area (Å²) in [7, 11) is 1.41. The van der Waals surface area contributed by atoms with E-state index in [9.17, 15) is 14.9 Å². The number of non-ortho nitro benzene ring substituents is 1. The summed E-state index contributed by atoms with van der Waals surface area (Å²) in [5.74, 6) is 0.983. The lowest BCUT2D eigenvalue weighted by molar-refractivity contribution is -0.384. The molecule has 1 aromatic heterocycles. The van der Waals surface area contributed by atoms with Crippen molar-refractivity contribution in [3.05, 3.63) is 46.1 Å². The van der Waals surface area contributed by atoms with Gasteiger partial charge < -0.3 is 10.1 Å². The molecule has 2 atom stereocenters. The summed E-state index contributed by atoms with van der Waals surface area (Å²) in [6, 6.07) is 8.25. The van der Waals surface area contributed by atoms with E-state index in [1.807, 2.05) is 13.0 Å². The number of nitrogens with zero attached hydrogens (tertiary/aromatic N) is 3. The zero-order chi connectivity index (χ0) is 19.4. The number of nitro groups is 1. The number of benzene rings is 1. The number of hydrogen-bond acceptors (Lipinski definition) is 7. The molecule has 0 unspecified atom stereocenters. The summed E-state index contributed by atoms with van der Waals surface area (Å²) < 4.78 is 4.83. The molecule has 3 rings (SSSR count). The highest BCUT2D eigenvalue weighted by atomic mass is 16.6. The van der Waals surface area contributed by atoms with Crippen molar-refractivity contribution in [1.82, 2.24) is 9.97 Å². The van der Waals surface area contributed by atoms with Gasteiger partial charge in [0.25, 0.3) is 5.69 Å². The third-order valence-corrected chi connectivity index (χ3v) is 4.80. The predicted octanol–water partition coefficient (Wildman–Crippen LogP) is 3.37. The van der Waals surface area contributed by atoms with E-state index < -0.39 is 4.92 Å². The quantitative estimate of drug-likeness (QED) is 0.472. The zero-order valence-corrected chi connectivity index (χ0v) is 15.3. The number of ether oxygens (including phenoxy) is 1. The standard InChI is InChI=1S/C19H22N4O4/c1-3-14-11-17(20-15-7-4-13(10-15)19(24)27-2)22-18(21-14)12-5-8-16(9-6-12)23(25)26/h5-6,8-9,11,13,15H,3-4,7,10H2,1-2H3,(H,20,21,22)/t13-,15+/m0/s1. The van der Waals surface area contributed by atoms with E-state index in [1.54, 1.807) is 12.1 Å². The van der Waals surface area contributed by atoms with Crippen LogP contribution in [0.3, 0.4) is 0 Å². The van der Waals surface area contributed by atoms with Gasteiger partial charge in [-0.05, 0) is 37.8 Å². The van der Waals surface area contributed by atoms with Crippen LogP contribution in [0, 0.1) is 16.0 Å². The Hall–Kier alpha value is -3.03. The number of methoxy groups -OCH3 is 1. The van der Waals surface area contributed by atoms with E-state index in [4.69, 9.17) is 4.74 Å². The van der Waals surface area contributed by atoms with Crippen LogP contribution in [0.4, 0.5) is 11.5 Å². The third-order valence-electron chi connectivity index (χ3n) is 4.80. The molecule has 1 aliphatic carbocycles.